The summed E-state index contributed by atoms with van der Waals surface area (Å²) in [6.45, 7) is 6.97. The number of carbonyl (C=O) groups is 2. The van der Waals surface area contributed by atoms with Gasteiger partial charge in [0, 0.05) is 13.2 Å². The molecule has 0 aromatic carbocycles. The van der Waals surface area contributed by atoms with Crippen LogP contribution >= 0.6 is 11.3 Å². The molecule has 0 spiro atoms. The topological polar surface area (TPSA) is 80.6 Å². The molecule has 0 aliphatic heterocycles. The van der Waals surface area contributed by atoms with E-state index in [0.717, 1.165) is 12.0 Å². The minimum Gasteiger partial charge on any atom is -0.459 e. The predicted molar refractivity (Wildman–Crippen MR) is 93.8 cm³/mol. The van der Waals surface area contributed by atoms with Gasteiger partial charge in [0.25, 0.3) is 11.8 Å². The number of carbonyl (C=O) groups excluding carboxylic acids is 2. The molecule has 2 aromatic heterocycles. The molecule has 2 heterocycles. The van der Waals surface area contributed by atoms with Gasteiger partial charge in [-0.15, -0.1) is 11.3 Å². The molecule has 6 nitrogen and oxygen atoms in total. The van der Waals surface area contributed by atoms with Crippen molar-refractivity contribution in [3.05, 3.63) is 40.7 Å². The van der Waals surface area contributed by atoms with E-state index >= 15 is 0 Å². The van der Waals surface area contributed by atoms with Crippen molar-refractivity contribution in [3.8, 4) is 0 Å². The highest BCUT2D eigenvalue weighted by Gasteiger charge is 2.16. The number of furan rings is 1. The SMILES string of the molecule is Cc1cc(NC(=O)c2ccco2)sc1C(=O)NCCCOC(C)C. The highest BCUT2D eigenvalue weighted by atomic mass is 32.1. The fourth-order valence-electron chi connectivity index (χ4n) is 2.02. The number of hydrogen-bond acceptors (Lipinski definition) is 5. The van der Waals surface area contributed by atoms with E-state index in [1.807, 2.05) is 20.8 Å². The number of nitrogens with one attached hydrogen (secondary N) is 2. The predicted octanol–water partition coefficient (Wildman–Crippen LogP) is 3.45. The van der Waals surface area contributed by atoms with Gasteiger partial charge in [0.2, 0.25) is 0 Å². The van der Waals surface area contributed by atoms with Crippen molar-refractivity contribution < 1.29 is 18.7 Å². The molecule has 0 fully saturated rings. The Hall–Kier alpha value is -2.12. The minimum atomic E-state index is -0.334. The number of amides is 2. The quantitative estimate of drug-likeness (QED) is 0.715. The standard InChI is InChI=1S/C17H22N2O4S/c1-11(2)22-9-5-7-18-17(21)15-12(3)10-14(24-15)19-16(20)13-6-4-8-23-13/h4,6,8,10-11H,5,7,9H2,1-3H3,(H,18,21)(H,19,20). The monoisotopic (exact) mass is 350 g/mol. The lowest BCUT2D eigenvalue weighted by atomic mass is 10.2. The molecule has 0 aliphatic rings. The van der Waals surface area contributed by atoms with Gasteiger partial charge in [0.05, 0.1) is 22.2 Å². The molecule has 0 radical (unpaired) electrons. The largest absolute Gasteiger partial charge is 0.459 e. The average Bonchev–Trinajstić information content (AvgIpc) is 3.16. The Morgan fingerprint density at radius 2 is 2.12 bits per heavy atom. The van der Waals surface area contributed by atoms with Crippen LogP contribution in [0.15, 0.2) is 28.9 Å². The minimum absolute atomic E-state index is 0.138. The molecular formula is C17H22N2O4S. The Morgan fingerprint density at radius 3 is 2.79 bits per heavy atom. The smallest absolute Gasteiger partial charge is 0.291 e. The Morgan fingerprint density at radius 1 is 1.33 bits per heavy atom. The first-order valence-corrected chi connectivity index (χ1v) is 8.64. The summed E-state index contributed by atoms with van der Waals surface area (Å²) in [5.41, 5.74) is 0.825. The van der Waals surface area contributed by atoms with Crippen LogP contribution in [0.4, 0.5) is 5.00 Å². The van der Waals surface area contributed by atoms with Crippen LogP contribution < -0.4 is 10.6 Å². The molecule has 0 saturated carbocycles. The molecular weight excluding hydrogens is 328 g/mol. The fourth-order valence-corrected chi connectivity index (χ4v) is 3.01. The van der Waals surface area contributed by atoms with Crippen molar-refractivity contribution in [3.63, 3.8) is 0 Å². The van der Waals surface area contributed by atoms with Crippen LogP contribution in [0.1, 0.15) is 46.1 Å². The van der Waals surface area contributed by atoms with Crippen molar-refractivity contribution in [1.82, 2.24) is 5.32 Å². The summed E-state index contributed by atoms with van der Waals surface area (Å²) in [5.74, 6) is -0.239. The van der Waals surface area contributed by atoms with Gasteiger partial charge < -0.3 is 19.8 Å². The van der Waals surface area contributed by atoms with Crippen LogP contribution in [0.5, 0.6) is 0 Å². The van der Waals surface area contributed by atoms with E-state index in [1.54, 1.807) is 18.2 Å². The molecule has 2 rings (SSSR count). The second-order valence-corrected chi connectivity index (χ2v) is 6.64. The van der Waals surface area contributed by atoms with Crippen molar-refractivity contribution >= 4 is 28.2 Å². The summed E-state index contributed by atoms with van der Waals surface area (Å²) < 4.78 is 10.5. The van der Waals surface area contributed by atoms with E-state index in [-0.39, 0.29) is 23.7 Å². The molecule has 0 unspecified atom stereocenters. The molecule has 24 heavy (non-hydrogen) atoms. The van der Waals surface area contributed by atoms with E-state index in [4.69, 9.17) is 9.15 Å². The lowest BCUT2D eigenvalue weighted by Crippen LogP contribution is -2.25. The van der Waals surface area contributed by atoms with Crippen LogP contribution in [-0.4, -0.2) is 31.1 Å². The number of hydrogen-bond donors (Lipinski definition) is 2. The van der Waals surface area contributed by atoms with Crippen molar-refractivity contribution in [1.29, 1.82) is 0 Å². The van der Waals surface area contributed by atoms with E-state index < -0.39 is 0 Å². The average molecular weight is 350 g/mol. The maximum Gasteiger partial charge on any atom is 0.291 e. The summed E-state index contributed by atoms with van der Waals surface area (Å²) in [6, 6.07) is 5.02. The Bertz CT molecular complexity index is 677. The zero-order valence-electron chi connectivity index (χ0n) is 14.0. The summed E-state index contributed by atoms with van der Waals surface area (Å²) in [5, 5.41) is 6.22. The van der Waals surface area contributed by atoms with Gasteiger partial charge in [0.1, 0.15) is 0 Å². The van der Waals surface area contributed by atoms with Gasteiger partial charge in [0.15, 0.2) is 5.76 Å². The lowest BCUT2D eigenvalue weighted by Gasteiger charge is -2.08. The first-order chi connectivity index (χ1) is 11.5. The highest BCUT2D eigenvalue weighted by Crippen LogP contribution is 2.27. The van der Waals surface area contributed by atoms with Gasteiger partial charge in [-0.2, -0.15) is 0 Å². The fraction of sp³-hybridized carbons (Fsp3) is 0.412. The third kappa shape index (κ3) is 5.21. The molecule has 2 amide bonds. The number of aryl methyl sites for hydroxylation is 1. The zero-order valence-corrected chi connectivity index (χ0v) is 14.9. The van der Waals surface area contributed by atoms with Crippen LogP contribution in [0.25, 0.3) is 0 Å². The van der Waals surface area contributed by atoms with Crippen molar-refractivity contribution in [2.24, 2.45) is 0 Å². The van der Waals surface area contributed by atoms with E-state index in [2.05, 4.69) is 10.6 Å². The molecule has 130 valence electrons. The second-order valence-electron chi connectivity index (χ2n) is 5.58. The molecule has 7 heteroatoms. The molecule has 0 atom stereocenters. The van der Waals surface area contributed by atoms with Gasteiger partial charge in [-0.25, -0.2) is 0 Å². The zero-order chi connectivity index (χ0) is 17.5. The van der Waals surface area contributed by atoms with Crippen LogP contribution in [0.3, 0.4) is 0 Å². The van der Waals surface area contributed by atoms with E-state index in [0.29, 0.717) is 23.0 Å². The first kappa shape index (κ1) is 18.2. The van der Waals surface area contributed by atoms with E-state index in [9.17, 15) is 9.59 Å². The van der Waals surface area contributed by atoms with Gasteiger partial charge in [-0.05, 0) is 51.0 Å². The highest BCUT2D eigenvalue weighted by molar-refractivity contribution is 7.18. The summed E-state index contributed by atoms with van der Waals surface area (Å²) >= 11 is 1.24. The Labute approximate surface area is 145 Å². The van der Waals surface area contributed by atoms with Gasteiger partial charge in [-0.1, -0.05) is 0 Å². The summed E-state index contributed by atoms with van der Waals surface area (Å²) in [4.78, 5) is 24.8. The second kappa shape index (κ2) is 8.65. The number of rotatable bonds is 8. The normalized spacial score (nSPS) is 10.8. The molecule has 0 saturated heterocycles. The summed E-state index contributed by atoms with van der Waals surface area (Å²) in [7, 11) is 0. The van der Waals surface area contributed by atoms with Gasteiger partial charge in [-0.3, -0.25) is 9.59 Å². The Kier molecular flexibility index (Phi) is 6.57. The molecule has 2 aromatic rings. The molecule has 0 aliphatic carbocycles. The Balaban J connectivity index is 1.86. The lowest BCUT2D eigenvalue weighted by molar-refractivity contribution is 0.0757. The van der Waals surface area contributed by atoms with Crippen LogP contribution in [-0.2, 0) is 4.74 Å². The number of anilines is 1. The number of ether oxygens (including phenoxy) is 1. The summed E-state index contributed by atoms with van der Waals surface area (Å²) in [6.07, 6.45) is 2.40. The maximum atomic E-state index is 12.2. The van der Waals surface area contributed by atoms with Crippen LogP contribution in [0, 0.1) is 6.92 Å². The van der Waals surface area contributed by atoms with Crippen molar-refractivity contribution in [2.75, 3.05) is 18.5 Å². The maximum absolute atomic E-state index is 12.2. The molecule has 0 bridgehead atoms. The number of thiophene rings is 1. The van der Waals surface area contributed by atoms with Crippen LogP contribution in [0.2, 0.25) is 0 Å². The van der Waals surface area contributed by atoms with Gasteiger partial charge >= 0.3 is 0 Å². The molecule has 2 N–H and O–H groups in total. The third-order valence-corrected chi connectivity index (χ3v) is 4.31. The first-order valence-electron chi connectivity index (χ1n) is 7.82. The van der Waals surface area contributed by atoms with E-state index in [1.165, 1.54) is 17.6 Å². The van der Waals surface area contributed by atoms with Crippen molar-refractivity contribution in [2.45, 2.75) is 33.3 Å². The third-order valence-electron chi connectivity index (χ3n) is 3.16.